The average Bonchev–Trinajstić information content (AvgIpc) is 3.49. The highest BCUT2D eigenvalue weighted by Crippen LogP contribution is 2.36. The van der Waals surface area contributed by atoms with Crippen LogP contribution in [0.5, 0.6) is 11.5 Å². The van der Waals surface area contributed by atoms with E-state index in [-0.39, 0.29) is 12.7 Å². The predicted octanol–water partition coefficient (Wildman–Crippen LogP) is 5.21. The molecule has 1 saturated heterocycles. The van der Waals surface area contributed by atoms with Crippen LogP contribution in [0.15, 0.2) is 46.9 Å². The molecule has 0 N–H and O–H groups in total. The number of hydrogen-bond donors (Lipinski definition) is 0. The van der Waals surface area contributed by atoms with Gasteiger partial charge in [0.25, 0.3) is 0 Å². The molecule has 6 rings (SSSR count). The fourth-order valence-corrected chi connectivity index (χ4v) is 6.06. The number of para-hydroxylation sites is 1. The molecule has 36 heavy (non-hydrogen) atoms. The standard InChI is InChI=1S/C30H36N2O4/c33-30-18-25-17-29-28(34-21-35-29)16-23(25)11-14-32(30)20-22-7-6-13-31(19-22)12-5-1-2-9-26-15-24-8-3-4-10-27(24)36-26/h3-4,8,10,15-17,22H,1-2,5-7,9,11-14,18-21H2. The normalized spacial score (nSPS) is 20.1. The van der Waals surface area contributed by atoms with Crippen LogP contribution in [-0.4, -0.2) is 55.2 Å². The molecular weight excluding hydrogens is 452 g/mol. The predicted molar refractivity (Wildman–Crippen MR) is 139 cm³/mol. The Balaban J connectivity index is 0.947. The summed E-state index contributed by atoms with van der Waals surface area (Å²) in [5, 5.41) is 1.20. The lowest BCUT2D eigenvalue weighted by Gasteiger charge is -2.35. The molecule has 0 aliphatic carbocycles. The Kier molecular flexibility index (Phi) is 6.86. The van der Waals surface area contributed by atoms with Gasteiger partial charge in [-0.2, -0.15) is 0 Å². The van der Waals surface area contributed by atoms with E-state index < -0.39 is 0 Å². The number of furan rings is 1. The molecule has 190 valence electrons. The van der Waals surface area contributed by atoms with Gasteiger partial charge in [-0.3, -0.25) is 4.79 Å². The minimum atomic E-state index is 0.246. The highest BCUT2D eigenvalue weighted by atomic mass is 16.7. The molecule has 1 unspecified atom stereocenters. The van der Waals surface area contributed by atoms with Crippen molar-refractivity contribution in [2.24, 2.45) is 5.92 Å². The molecule has 0 radical (unpaired) electrons. The Labute approximate surface area is 213 Å². The van der Waals surface area contributed by atoms with E-state index in [4.69, 9.17) is 13.9 Å². The summed E-state index contributed by atoms with van der Waals surface area (Å²) in [4.78, 5) is 17.8. The second-order valence-electron chi connectivity index (χ2n) is 10.6. The smallest absolute Gasteiger partial charge is 0.231 e. The van der Waals surface area contributed by atoms with Gasteiger partial charge in [-0.25, -0.2) is 0 Å². The van der Waals surface area contributed by atoms with Gasteiger partial charge in [-0.15, -0.1) is 0 Å². The van der Waals surface area contributed by atoms with Gasteiger partial charge < -0.3 is 23.7 Å². The van der Waals surface area contributed by atoms with E-state index in [1.165, 1.54) is 49.6 Å². The second-order valence-corrected chi connectivity index (χ2v) is 10.6. The van der Waals surface area contributed by atoms with Gasteiger partial charge in [0.05, 0.1) is 6.42 Å². The molecule has 3 aliphatic rings. The van der Waals surface area contributed by atoms with Crippen molar-refractivity contribution in [3.63, 3.8) is 0 Å². The van der Waals surface area contributed by atoms with Crippen molar-refractivity contribution in [2.75, 3.05) is 39.5 Å². The van der Waals surface area contributed by atoms with E-state index >= 15 is 0 Å². The number of fused-ring (bicyclic) bond motifs is 3. The maximum absolute atomic E-state index is 13.1. The molecule has 1 fully saturated rings. The zero-order chi connectivity index (χ0) is 24.3. The van der Waals surface area contributed by atoms with Crippen LogP contribution >= 0.6 is 0 Å². The van der Waals surface area contributed by atoms with Gasteiger partial charge in [-0.05, 0) is 86.5 Å². The topological polar surface area (TPSA) is 55.2 Å². The van der Waals surface area contributed by atoms with E-state index in [9.17, 15) is 4.79 Å². The van der Waals surface area contributed by atoms with E-state index in [2.05, 4.69) is 34.1 Å². The van der Waals surface area contributed by atoms with Crippen molar-refractivity contribution in [3.8, 4) is 11.5 Å². The van der Waals surface area contributed by atoms with Crippen LogP contribution in [0, 0.1) is 5.92 Å². The minimum Gasteiger partial charge on any atom is -0.461 e. The van der Waals surface area contributed by atoms with Gasteiger partial charge in [0.15, 0.2) is 11.5 Å². The molecule has 3 aromatic rings. The van der Waals surface area contributed by atoms with Crippen LogP contribution in [-0.2, 0) is 24.1 Å². The number of carbonyl (C=O) groups is 1. The lowest BCUT2D eigenvalue weighted by Crippen LogP contribution is -2.43. The molecule has 0 spiro atoms. The van der Waals surface area contributed by atoms with E-state index in [0.29, 0.717) is 12.3 Å². The first-order valence-electron chi connectivity index (χ1n) is 13.6. The first kappa shape index (κ1) is 23.4. The maximum atomic E-state index is 13.1. The SMILES string of the molecule is O=C1Cc2cc3c(cc2CCN1CC1CCCN(CCCCCc2cc4ccccc4o2)C1)OCO3. The summed E-state index contributed by atoms with van der Waals surface area (Å²) in [7, 11) is 0. The summed E-state index contributed by atoms with van der Waals surface area (Å²) in [6, 6.07) is 14.5. The summed E-state index contributed by atoms with van der Waals surface area (Å²) < 4.78 is 17.0. The Hall–Kier alpha value is -2.99. The molecule has 6 nitrogen and oxygen atoms in total. The first-order valence-corrected chi connectivity index (χ1v) is 13.6. The van der Waals surface area contributed by atoms with Crippen LogP contribution in [0.25, 0.3) is 11.0 Å². The molecule has 2 aromatic carbocycles. The third-order valence-electron chi connectivity index (χ3n) is 8.00. The first-order chi connectivity index (χ1) is 17.7. The Morgan fingerprint density at radius 1 is 0.944 bits per heavy atom. The second kappa shape index (κ2) is 10.6. The maximum Gasteiger partial charge on any atom is 0.231 e. The van der Waals surface area contributed by atoms with Crippen LogP contribution in [0.4, 0.5) is 0 Å². The number of unbranched alkanes of at least 4 members (excludes halogenated alkanes) is 2. The van der Waals surface area contributed by atoms with Crippen LogP contribution in [0.1, 0.15) is 49.0 Å². The third kappa shape index (κ3) is 5.24. The highest BCUT2D eigenvalue weighted by molar-refractivity contribution is 5.80. The van der Waals surface area contributed by atoms with Gasteiger partial charge in [0, 0.05) is 31.4 Å². The molecule has 0 bridgehead atoms. The molecule has 1 amide bonds. The summed E-state index contributed by atoms with van der Waals surface area (Å²) in [6.45, 7) is 5.40. The Morgan fingerprint density at radius 2 is 1.81 bits per heavy atom. The summed E-state index contributed by atoms with van der Waals surface area (Å²) >= 11 is 0. The van der Waals surface area contributed by atoms with Gasteiger partial charge >= 0.3 is 0 Å². The Morgan fingerprint density at radius 3 is 2.69 bits per heavy atom. The number of rotatable bonds is 8. The number of hydrogen-bond acceptors (Lipinski definition) is 5. The Bertz CT molecular complexity index is 1190. The van der Waals surface area contributed by atoms with Gasteiger partial charge in [-0.1, -0.05) is 24.6 Å². The van der Waals surface area contributed by atoms with Crippen molar-refractivity contribution in [1.82, 2.24) is 9.80 Å². The number of aryl methyl sites for hydroxylation is 1. The monoisotopic (exact) mass is 488 g/mol. The average molecular weight is 489 g/mol. The fraction of sp³-hybridized carbons (Fsp3) is 0.500. The number of nitrogens with zero attached hydrogens (tertiary/aromatic N) is 2. The molecule has 4 heterocycles. The van der Waals surface area contributed by atoms with Crippen molar-refractivity contribution in [1.29, 1.82) is 0 Å². The van der Waals surface area contributed by atoms with Gasteiger partial charge in [0.1, 0.15) is 11.3 Å². The summed E-state index contributed by atoms with van der Waals surface area (Å²) in [6.07, 6.45) is 8.42. The number of amides is 1. The summed E-state index contributed by atoms with van der Waals surface area (Å²) in [5.41, 5.74) is 3.31. The van der Waals surface area contributed by atoms with Gasteiger partial charge in [0.2, 0.25) is 12.7 Å². The zero-order valence-electron chi connectivity index (χ0n) is 21.0. The number of likely N-dealkylation sites (tertiary alicyclic amines) is 1. The lowest BCUT2D eigenvalue weighted by atomic mass is 9.96. The largest absolute Gasteiger partial charge is 0.461 e. The molecule has 1 aromatic heterocycles. The molecule has 6 heteroatoms. The van der Waals surface area contributed by atoms with Crippen LogP contribution < -0.4 is 9.47 Å². The minimum absolute atomic E-state index is 0.246. The summed E-state index contributed by atoms with van der Waals surface area (Å²) in [5.74, 6) is 3.50. The number of benzene rings is 2. The van der Waals surface area contributed by atoms with Crippen molar-refractivity contribution >= 4 is 16.9 Å². The van der Waals surface area contributed by atoms with E-state index in [1.54, 1.807) is 0 Å². The zero-order valence-corrected chi connectivity index (χ0v) is 21.0. The van der Waals surface area contributed by atoms with Crippen molar-refractivity contribution in [3.05, 3.63) is 59.4 Å². The fourth-order valence-electron chi connectivity index (χ4n) is 6.06. The van der Waals surface area contributed by atoms with Crippen molar-refractivity contribution < 1.29 is 18.7 Å². The van der Waals surface area contributed by atoms with E-state index in [1.807, 2.05) is 18.2 Å². The molecule has 3 aliphatic heterocycles. The van der Waals surface area contributed by atoms with Crippen LogP contribution in [0.3, 0.4) is 0 Å². The highest BCUT2D eigenvalue weighted by Gasteiger charge is 2.28. The number of carbonyl (C=O) groups excluding carboxylic acids is 1. The van der Waals surface area contributed by atoms with Crippen LogP contribution in [0.2, 0.25) is 0 Å². The number of piperidine rings is 1. The van der Waals surface area contributed by atoms with Crippen molar-refractivity contribution in [2.45, 2.75) is 51.4 Å². The molecule has 0 saturated carbocycles. The molecular formula is C30H36N2O4. The number of ether oxygens (including phenoxy) is 2. The van der Waals surface area contributed by atoms with E-state index in [0.717, 1.165) is 67.4 Å². The quantitative estimate of drug-likeness (QED) is 0.407. The lowest BCUT2D eigenvalue weighted by molar-refractivity contribution is -0.131. The third-order valence-corrected chi connectivity index (χ3v) is 8.00. The molecule has 1 atom stereocenters.